The van der Waals surface area contributed by atoms with Crippen molar-refractivity contribution in [1.82, 2.24) is 9.97 Å². The predicted molar refractivity (Wildman–Crippen MR) is 125 cm³/mol. The van der Waals surface area contributed by atoms with Gasteiger partial charge in [0.15, 0.2) is 0 Å². The molecule has 0 spiro atoms. The summed E-state index contributed by atoms with van der Waals surface area (Å²) in [5, 5.41) is 12.1. The van der Waals surface area contributed by atoms with Gasteiger partial charge < -0.3 is 14.8 Å². The molecule has 0 radical (unpaired) electrons. The highest BCUT2D eigenvalue weighted by molar-refractivity contribution is 6.51. The highest BCUT2D eigenvalue weighted by Gasteiger charge is 2.47. The number of hydrogen-bond acceptors (Lipinski definition) is 5. The van der Waals surface area contributed by atoms with Crippen LogP contribution in [0.15, 0.2) is 84.8 Å². The fourth-order valence-corrected chi connectivity index (χ4v) is 4.23. The maximum Gasteiger partial charge on any atom is 0.300 e. The largest absolute Gasteiger partial charge is 0.507 e. The Morgan fingerprint density at radius 2 is 1.88 bits per heavy atom. The van der Waals surface area contributed by atoms with E-state index in [0.717, 1.165) is 10.9 Å². The number of nitrogens with one attached hydrogen (secondary N) is 1. The molecular formula is C26H21N3O4. The van der Waals surface area contributed by atoms with E-state index < -0.39 is 17.7 Å². The van der Waals surface area contributed by atoms with Gasteiger partial charge in [-0.05, 0) is 48.9 Å². The van der Waals surface area contributed by atoms with E-state index in [0.29, 0.717) is 29.2 Å². The second kappa shape index (κ2) is 8.27. The fraction of sp³-hybridized carbons (Fsp3) is 0.115. The number of benzene rings is 2. The van der Waals surface area contributed by atoms with E-state index in [2.05, 4.69) is 9.97 Å². The Kier molecular flexibility index (Phi) is 5.14. The van der Waals surface area contributed by atoms with Gasteiger partial charge in [0.1, 0.15) is 11.5 Å². The predicted octanol–water partition coefficient (Wildman–Crippen LogP) is 4.59. The number of H-pyrrole nitrogens is 1. The fourth-order valence-electron chi connectivity index (χ4n) is 4.23. The van der Waals surface area contributed by atoms with Crippen molar-refractivity contribution in [3.8, 4) is 5.75 Å². The second-order valence-electron chi connectivity index (χ2n) is 7.63. The van der Waals surface area contributed by atoms with Gasteiger partial charge in [0.2, 0.25) is 0 Å². The maximum absolute atomic E-state index is 13.3. The minimum absolute atomic E-state index is 0.0200. The van der Waals surface area contributed by atoms with Crippen LogP contribution in [0.25, 0.3) is 16.7 Å². The summed E-state index contributed by atoms with van der Waals surface area (Å²) in [6.45, 7) is 2.41. The SMILES string of the molecule is CCOc1ccc(N2C(=O)C(=O)/C(=C(\O)c3c[nH]c4ccccc34)C2c2cccnc2)cc1. The van der Waals surface area contributed by atoms with Gasteiger partial charge in [-0.2, -0.15) is 0 Å². The number of aromatic nitrogens is 2. The standard InChI is InChI=1S/C26H21N3O4/c1-2-33-18-11-9-17(10-12-18)29-23(16-6-5-13-27-14-16)22(25(31)26(29)32)24(30)20-15-28-21-8-4-3-7-19(20)21/h3-15,23,28,30H,2H2,1H3/b24-22-. The van der Waals surface area contributed by atoms with E-state index in [1.165, 1.54) is 4.90 Å². The third-order valence-electron chi connectivity index (χ3n) is 5.71. The molecular weight excluding hydrogens is 418 g/mol. The number of anilines is 1. The van der Waals surface area contributed by atoms with Crippen LogP contribution in [0, 0.1) is 0 Å². The first-order chi connectivity index (χ1) is 16.1. The van der Waals surface area contributed by atoms with Crippen molar-refractivity contribution in [3.05, 3.63) is 96.0 Å². The van der Waals surface area contributed by atoms with E-state index in [9.17, 15) is 14.7 Å². The Labute approximate surface area is 190 Å². The molecule has 2 N–H and O–H groups in total. The zero-order chi connectivity index (χ0) is 22.9. The van der Waals surface area contributed by atoms with Crippen LogP contribution in [0.5, 0.6) is 5.75 Å². The number of carbonyl (C=O) groups excluding carboxylic acids is 2. The Balaban J connectivity index is 1.69. The monoisotopic (exact) mass is 439 g/mol. The molecule has 0 aliphatic carbocycles. The molecule has 1 aliphatic heterocycles. The van der Waals surface area contributed by atoms with Crippen LogP contribution in [0.3, 0.4) is 0 Å². The number of para-hydroxylation sites is 1. The lowest BCUT2D eigenvalue weighted by molar-refractivity contribution is -0.132. The molecule has 1 unspecified atom stereocenters. The van der Waals surface area contributed by atoms with Crippen molar-refractivity contribution in [2.75, 3.05) is 11.5 Å². The van der Waals surface area contributed by atoms with Gasteiger partial charge in [0, 0.05) is 40.7 Å². The van der Waals surface area contributed by atoms with E-state index in [1.54, 1.807) is 55.0 Å². The van der Waals surface area contributed by atoms with Crippen molar-refractivity contribution < 1.29 is 19.4 Å². The molecule has 0 bridgehead atoms. The van der Waals surface area contributed by atoms with Crippen LogP contribution in [-0.2, 0) is 9.59 Å². The zero-order valence-electron chi connectivity index (χ0n) is 17.9. The highest BCUT2D eigenvalue weighted by Crippen LogP contribution is 2.43. The molecule has 1 atom stereocenters. The van der Waals surface area contributed by atoms with Crippen molar-refractivity contribution in [2.45, 2.75) is 13.0 Å². The summed E-state index contributed by atoms with van der Waals surface area (Å²) in [4.78, 5) is 35.1. The lowest BCUT2D eigenvalue weighted by Gasteiger charge is -2.25. The van der Waals surface area contributed by atoms with Crippen LogP contribution in [0.2, 0.25) is 0 Å². The van der Waals surface area contributed by atoms with Gasteiger partial charge >= 0.3 is 0 Å². The Morgan fingerprint density at radius 1 is 1.09 bits per heavy atom. The molecule has 2 aromatic heterocycles. The smallest absolute Gasteiger partial charge is 0.300 e. The lowest BCUT2D eigenvalue weighted by Crippen LogP contribution is -2.29. The third kappa shape index (κ3) is 3.43. The molecule has 0 saturated carbocycles. The van der Waals surface area contributed by atoms with Gasteiger partial charge in [-0.1, -0.05) is 24.3 Å². The van der Waals surface area contributed by atoms with E-state index in [4.69, 9.17) is 4.74 Å². The molecule has 3 heterocycles. The van der Waals surface area contributed by atoms with Gasteiger partial charge in [0.25, 0.3) is 11.7 Å². The van der Waals surface area contributed by atoms with Crippen LogP contribution in [0.1, 0.15) is 24.1 Å². The number of fused-ring (bicyclic) bond motifs is 1. The number of Topliss-reactive ketones (excluding diaryl/α,β-unsaturated/α-hetero) is 1. The molecule has 7 heteroatoms. The number of carbonyl (C=O) groups is 2. The summed E-state index contributed by atoms with van der Waals surface area (Å²) < 4.78 is 5.50. The topological polar surface area (TPSA) is 95.5 Å². The summed E-state index contributed by atoms with van der Waals surface area (Å²) in [6, 6.07) is 17.1. The van der Waals surface area contributed by atoms with Gasteiger partial charge in [-0.15, -0.1) is 0 Å². The number of aliphatic hydroxyl groups excluding tert-OH is 1. The highest BCUT2D eigenvalue weighted by atomic mass is 16.5. The minimum atomic E-state index is -0.828. The number of aliphatic hydroxyl groups is 1. The minimum Gasteiger partial charge on any atom is -0.507 e. The summed E-state index contributed by atoms with van der Waals surface area (Å²) in [5.41, 5.74) is 2.44. The van der Waals surface area contributed by atoms with Crippen molar-refractivity contribution in [3.63, 3.8) is 0 Å². The van der Waals surface area contributed by atoms with Crippen molar-refractivity contribution >= 4 is 34.0 Å². The molecule has 164 valence electrons. The average molecular weight is 439 g/mol. The van der Waals surface area contributed by atoms with Gasteiger partial charge in [-0.25, -0.2) is 0 Å². The quantitative estimate of drug-likeness (QED) is 0.269. The van der Waals surface area contributed by atoms with Crippen molar-refractivity contribution in [1.29, 1.82) is 0 Å². The number of pyridine rings is 1. The summed E-state index contributed by atoms with van der Waals surface area (Å²) in [5.74, 6) is -1.03. The lowest BCUT2D eigenvalue weighted by atomic mass is 9.96. The van der Waals surface area contributed by atoms with Gasteiger partial charge in [-0.3, -0.25) is 19.5 Å². The van der Waals surface area contributed by atoms with Crippen LogP contribution >= 0.6 is 0 Å². The van der Waals surface area contributed by atoms with Crippen molar-refractivity contribution in [2.24, 2.45) is 0 Å². The number of amides is 1. The maximum atomic E-state index is 13.3. The molecule has 1 saturated heterocycles. The molecule has 5 rings (SSSR count). The Hall–Kier alpha value is -4.39. The summed E-state index contributed by atoms with van der Waals surface area (Å²) >= 11 is 0. The van der Waals surface area contributed by atoms with E-state index in [-0.39, 0.29) is 11.3 Å². The van der Waals surface area contributed by atoms with Crippen LogP contribution in [-0.4, -0.2) is 33.4 Å². The van der Waals surface area contributed by atoms with Crippen LogP contribution in [0.4, 0.5) is 5.69 Å². The number of ketones is 1. The van der Waals surface area contributed by atoms with Gasteiger partial charge in [0.05, 0.1) is 18.2 Å². The van der Waals surface area contributed by atoms with E-state index in [1.807, 2.05) is 31.2 Å². The first-order valence-corrected chi connectivity index (χ1v) is 10.6. The van der Waals surface area contributed by atoms with E-state index >= 15 is 0 Å². The molecule has 33 heavy (non-hydrogen) atoms. The third-order valence-corrected chi connectivity index (χ3v) is 5.71. The molecule has 1 aliphatic rings. The summed E-state index contributed by atoms with van der Waals surface area (Å²) in [6.07, 6.45) is 4.86. The molecule has 1 fully saturated rings. The molecule has 2 aromatic carbocycles. The average Bonchev–Trinajstić information content (AvgIpc) is 3.39. The van der Waals surface area contributed by atoms with Crippen LogP contribution < -0.4 is 9.64 Å². The number of aromatic amines is 1. The normalized spacial score (nSPS) is 17.6. The number of nitrogens with zero attached hydrogens (tertiary/aromatic N) is 2. The first kappa shape index (κ1) is 20.5. The number of hydrogen-bond donors (Lipinski definition) is 2. The first-order valence-electron chi connectivity index (χ1n) is 10.6. The summed E-state index contributed by atoms with van der Waals surface area (Å²) in [7, 11) is 0. The molecule has 4 aromatic rings. The number of rotatable bonds is 5. The Morgan fingerprint density at radius 3 is 2.61 bits per heavy atom. The Bertz CT molecular complexity index is 1370. The molecule has 1 amide bonds. The second-order valence-corrected chi connectivity index (χ2v) is 7.63. The number of ether oxygens (including phenoxy) is 1. The molecule has 7 nitrogen and oxygen atoms in total. The zero-order valence-corrected chi connectivity index (χ0v) is 17.9.